The lowest BCUT2D eigenvalue weighted by atomic mass is 10.2. The van der Waals surface area contributed by atoms with Crippen LogP contribution in [0.3, 0.4) is 0 Å². The molecule has 0 unspecified atom stereocenters. The lowest BCUT2D eigenvalue weighted by Crippen LogP contribution is -1.93. The molecule has 1 heterocycles. The third-order valence-corrected chi connectivity index (χ3v) is 4.90. The SMILES string of the molecule is CCCC(=O)c1ccc(-c2cc(Br)ccc2Br)s1. The van der Waals surface area contributed by atoms with Crippen molar-refractivity contribution in [2.75, 3.05) is 0 Å². The molecule has 2 aromatic rings. The maximum atomic E-state index is 11.8. The minimum atomic E-state index is 0.236. The first-order chi connectivity index (χ1) is 8.61. The number of benzene rings is 1. The van der Waals surface area contributed by atoms with Crippen molar-refractivity contribution in [3.63, 3.8) is 0 Å². The lowest BCUT2D eigenvalue weighted by molar-refractivity contribution is 0.0985. The summed E-state index contributed by atoms with van der Waals surface area (Å²) in [5, 5.41) is 0. The largest absolute Gasteiger partial charge is 0.293 e. The Hall–Kier alpha value is -0.450. The lowest BCUT2D eigenvalue weighted by Gasteiger charge is -2.02. The van der Waals surface area contributed by atoms with E-state index < -0.39 is 0 Å². The Labute approximate surface area is 127 Å². The quantitative estimate of drug-likeness (QED) is 0.594. The molecule has 0 fully saturated rings. The van der Waals surface area contributed by atoms with Crippen molar-refractivity contribution in [1.82, 2.24) is 0 Å². The smallest absolute Gasteiger partial charge is 0.172 e. The Bertz CT molecular complexity index is 575. The summed E-state index contributed by atoms with van der Waals surface area (Å²) >= 11 is 8.57. The van der Waals surface area contributed by atoms with Crippen LogP contribution in [0.4, 0.5) is 0 Å². The standard InChI is InChI=1S/C14H12Br2OS/c1-2-3-12(17)14-7-6-13(18-14)10-8-9(15)4-5-11(10)16/h4-8H,2-3H2,1H3. The summed E-state index contributed by atoms with van der Waals surface area (Å²) in [7, 11) is 0. The molecule has 1 aromatic carbocycles. The molecule has 0 saturated carbocycles. The van der Waals surface area contributed by atoms with Crippen LogP contribution in [-0.2, 0) is 0 Å². The fraction of sp³-hybridized carbons (Fsp3) is 0.214. The van der Waals surface area contributed by atoms with Crippen molar-refractivity contribution in [1.29, 1.82) is 0 Å². The Balaban J connectivity index is 2.35. The molecule has 0 bridgehead atoms. The van der Waals surface area contributed by atoms with E-state index in [0.717, 1.165) is 30.7 Å². The van der Waals surface area contributed by atoms with E-state index in [1.807, 2.05) is 31.2 Å². The molecule has 0 aliphatic heterocycles. The van der Waals surface area contributed by atoms with Crippen LogP contribution in [0.1, 0.15) is 29.4 Å². The van der Waals surface area contributed by atoms with Gasteiger partial charge in [0, 0.05) is 25.8 Å². The van der Waals surface area contributed by atoms with Crippen molar-refractivity contribution in [3.8, 4) is 10.4 Å². The van der Waals surface area contributed by atoms with Crippen molar-refractivity contribution in [2.45, 2.75) is 19.8 Å². The molecule has 4 heteroatoms. The van der Waals surface area contributed by atoms with Gasteiger partial charge in [0.1, 0.15) is 0 Å². The summed E-state index contributed by atoms with van der Waals surface area (Å²) in [6, 6.07) is 9.99. The van der Waals surface area contributed by atoms with E-state index in [0.29, 0.717) is 6.42 Å². The van der Waals surface area contributed by atoms with E-state index in [9.17, 15) is 4.79 Å². The van der Waals surface area contributed by atoms with Crippen LogP contribution in [0, 0.1) is 0 Å². The number of carbonyl (C=O) groups excluding carboxylic acids is 1. The molecule has 0 aliphatic carbocycles. The van der Waals surface area contributed by atoms with Crippen LogP contribution in [0.25, 0.3) is 10.4 Å². The zero-order chi connectivity index (χ0) is 13.1. The van der Waals surface area contributed by atoms with Crippen LogP contribution in [0.2, 0.25) is 0 Å². The fourth-order valence-corrected chi connectivity index (χ4v) is 3.63. The van der Waals surface area contributed by atoms with Gasteiger partial charge in [-0.05, 0) is 36.8 Å². The minimum Gasteiger partial charge on any atom is -0.293 e. The maximum Gasteiger partial charge on any atom is 0.172 e. The van der Waals surface area contributed by atoms with Gasteiger partial charge in [0.15, 0.2) is 5.78 Å². The molecule has 18 heavy (non-hydrogen) atoms. The Morgan fingerprint density at radius 1 is 1.22 bits per heavy atom. The van der Waals surface area contributed by atoms with Crippen molar-refractivity contribution < 1.29 is 4.79 Å². The second-order valence-electron chi connectivity index (χ2n) is 3.96. The predicted molar refractivity (Wildman–Crippen MR) is 84.4 cm³/mol. The summed E-state index contributed by atoms with van der Waals surface area (Å²) in [4.78, 5) is 13.8. The van der Waals surface area contributed by atoms with Gasteiger partial charge < -0.3 is 0 Å². The highest BCUT2D eigenvalue weighted by Gasteiger charge is 2.11. The van der Waals surface area contributed by atoms with Gasteiger partial charge in [-0.15, -0.1) is 11.3 Å². The van der Waals surface area contributed by atoms with E-state index in [4.69, 9.17) is 0 Å². The second kappa shape index (κ2) is 6.13. The van der Waals surface area contributed by atoms with Gasteiger partial charge >= 0.3 is 0 Å². The highest BCUT2D eigenvalue weighted by atomic mass is 79.9. The monoisotopic (exact) mass is 386 g/mol. The van der Waals surface area contributed by atoms with Crippen LogP contribution in [-0.4, -0.2) is 5.78 Å². The first-order valence-corrected chi connectivity index (χ1v) is 8.10. The molecular weight excluding hydrogens is 376 g/mol. The molecule has 0 amide bonds. The first-order valence-electron chi connectivity index (χ1n) is 5.70. The van der Waals surface area contributed by atoms with E-state index in [-0.39, 0.29) is 5.78 Å². The van der Waals surface area contributed by atoms with Crippen LogP contribution in [0.15, 0.2) is 39.3 Å². The number of thiophene rings is 1. The summed E-state index contributed by atoms with van der Waals surface area (Å²) < 4.78 is 2.08. The molecule has 2 rings (SSSR count). The van der Waals surface area contributed by atoms with Gasteiger partial charge in [0.25, 0.3) is 0 Å². The number of rotatable bonds is 4. The third-order valence-electron chi connectivity index (χ3n) is 2.55. The first kappa shape index (κ1) is 14.0. The van der Waals surface area contributed by atoms with Crippen molar-refractivity contribution in [3.05, 3.63) is 44.2 Å². The number of halogens is 2. The number of carbonyl (C=O) groups is 1. The van der Waals surface area contributed by atoms with Gasteiger partial charge in [-0.1, -0.05) is 38.8 Å². The molecule has 1 nitrogen and oxygen atoms in total. The molecule has 0 atom stereocenters. The van der Waals surface area contributed by atoms with Gasteiger partial charge in [-0.25, -0.2) is 0 Å². The van der Waals surface area contributed by atoms with Gasteiger partial charge in [-0.3, -0.25) is 4.79 Å². The summed E-state index contributed by atoms with van der Waals surface area (Å²) in [6.07, 6.45) is 1.52. The van der Waals surface area contributed by atoms with Gasteiger partial charge in [0.05, 0.1) is 4.88 Å². The average Bonchev–Trinajstić information content (AvgIpc) is 2.82. The fourth-order valence-electron chi connectivity index (χ4n) is 1.67. The Morgan fingerprint density at radius 2 is 2.00 bits per heavy atom. The Kier molecular flexibility index (Phi) is 4.76. The van der Waals surface area contributed by atoms with E-state index >= 15 is 0 Å². The summed E-state index contributed by atoms with van der Waals surface area (Å²) in [5.41, 5.74) is 1.12. The maximum absolute atomic E-state index is 11.8. The topological polar surface area (TPSA) is 17.1 Å². The van der Waals surface area contributed by atoms with Crippen LogP contribution < -0.4 is 0 Å². The molecule has 0 spiro atoms. The Morgan fingerprint density at radius 3 is 2.72 bits per heavy atom. The van der Waals surface area contributed by atoms with Gasteiger partial charge in [-0.2, -0.15) is 0 Å². The van der Waals surface area contributed by atoms with Crippen LogP contribution >= 0.6 is 43.2 Å². The second-order valence-corrected chi connectivity index (χ2v) is 6.82. The van der Waals surface area contributed by atoms with E-state index in [2.05, 4.69) is 37.9 Å². The zero-order valence-electron chi connectivity index (χ0n) is 9.87. The number of Topliss-reactive ketones (excluding diaryl/α,β-unsaturated/α-hetero) is 1. The molecule has 0 N–H and O–H groups in total. The predicted octanol–water partition coefficient (Wildman–Crippen LogP) is 5.92. The summed E-state index contributed by atoms with van der Waals surface area (Å²) in [5.74, 6) is 0.236. The molecular formula is C14H12Br2OS. The number of ketones is 1. The molecule has 0 aliphatic rings. The van der Waals surface area contributed by atoms with Gasteiger partial charge in [0.2, 0.25) is 0 Å². The number of hydrogen-bond donors (Lipinski definition) is 0. The van der Waals surface area contributed by atoms with Crippen molar-refractivity contribution >= 4 is 49.0 Å². The number of hydrogen-bond acceptors (Lipinski definition) is 2. The highest BCUT2D eigenvalue weighted by molar-refractivity contribution is 9.11. The van der Waals surface area contributed by atoms with Crippen LogP contribution in [0.5, 0.6) is 0 Å². The highest BCUT2D eigenvalue weighted by Crippen LogP contribution is 2.35. The molecule has 0 radical (unpaired) electrons. The average molecular weight is 388 g/mol. The van der Waals surface area contributed by atoms with Crippen molar-refractivity contribution in [2.24, 2.45) is 0 Å². The normalized spacial score (nSPS) is 10.6. The third kappa shape index (κ3) is 3.11. The molecule has 1 aromatic heterocycles. The molecule has 94 valence electrons. The van der Waals surface area contributed by atoms with E-state index in [1.54, 1.807) is 11.3 Å². The summed E-state index contributed by atoms with van der Waals surface area (Å²) in [6.45, 7) is 2.03. The van der Waals surface area contributed by atoms with E-state index in [1.165, 1.54) is 0 Å². The minimum absolute atomic E-state index is 0.236. The zero-order valence-corrected chi connectivity index (χ0v) is 13.9. The molecule has 0 saturated heterocycles.